The van der Waals surface area contributed by atoms with Crippen LogP contribution >= 0.6 is 0 Å². The summed E-state index contributed by atoms with van der Waals surface area (Å²) in [5, 5.41) is 12.4. The zero-order valence-corrected chi connectivity index (χ0v) is 19.7. The fourth-order valence-electron chi connectivity index (χ4n) is 4.54. The molecule has 2 N–H and O–H groups in total. The molecule has 2 unspecified atom stereocenters. The maximum atomic E-state index is 13.4. The number of aromatic nitrogens is 1. The number of rotatable bonds is 8. The Bertz CT molecular complexity index is 1200. The summed E-state index contributed by atoms with van der Waals surface area (Å²) in [4.78, 5) is 43.3. The molecule has 1 aliphatic rings. The van der Waals surface area contributed by atoms with Crippen LogP contribution in [-0.2, 0) is 33.8 Å². The van der Waals surface area contributed by atoms with Crippen molar-refractivity contribution >= 4 is 23.5 Å². The van der Waals surface area contributed by atoms with Crippen molar-refractivity contribution in [1.29, 1.82) is 0 Å². The van der Waals surface area contributed by atoms with E-state index >= 15 is 0 Å². The number of carboxylic acids is 1. The fourth-order valence-corrected chi connectivity index (χ4v) is 4.54. The van der Waals surface area contributed by atoms with Gasteiger partial charge in [-0.05, 0) is 66.3 Å². The average Bonchev–Trinajstić information content (AvgIpc) is 2.99. The van der Waals surface area contributed by atoms with Gasteiger partial charge in [-0.25, -0.2) is 0 Å². The predicted molar refractivity (Wildman–Crippen MR) is 132 cm³/mol. The van der Waals surface area contributed by atoms with Gasteiger partial charge < -0.3 is 15.3 Å². The summed E-state index contributed by atoms with van der Waals surface area (Å²) in [5.41, 5.74) is 4.54. The van der Waals surface area contributed by atoms with Crippen LogP contribution in [0, 0.1) is 5.92 Å². The SMILES string of the molecule is CC(c1ccccc1)N1Cc2ccc(NC(=O)CCc3ccncc3)cc2CC(CC(=O)O)C1=O. The third-order valence-corrected chi connectivity index (χ3v) is 6.49. The van der Waals surface area contributed by atoms with E-state index in [2.05, 4.69) is 10.3 Å². The Hall–Kier alpha value is -4.00. The molecule has 2 atom stereocenters. The third-order valence-electron chi connectivity index (χ3n) is 6.49. The van der Waals surface area contributed by atoms with Crippen molar-refractivity contribution in [3.8, 4) is 0 Å². The van der Waals surface area contributed by atoms with E-state index in [9.17, 15) is 19.5 Å². The van der Waals surface area contributed by atoms with Crippen LogP contribution in [0.1, 0.15) is 48.1 Å². The van der Waals surface area contributed by atoms with Gasteiger partial charge in [0.1, 0.15) is 0 Å². The topological polar surface area (TPSA) is 99.6 Å². The summed E-state index contributed by atoms with van der Waals surface area (Å²) in [6, 6.07) is 19.0. The number of benzene rings is 2. The van der Waals surface area contributed by atoms with Gasteiger partial charge in [-0.3, -0.25) is 19.4 Å². The Labute approximate surface area is 204 Å². The number of nitrogens with one attached hydrogen (secondary N) is 1. The molecule has 0 fully saturated rings. The molecule has 0 saturated carbocycles. The molecule has 0 spiro atoms. The number of aliphatic carboxylic acids is 1. The maximum Gasteiger partial charge on any atom is 0.304 e. The number of carbonyl (C=O) groups excluding carboxylic acids is 2. The van der Waals surface area contributed by atoms with E-state index in [1.165, 1.54) is 0 Å². The Morgan fingerprint density at radius 1 is 1.09 bits per heavy atom. The third kappa shape index (κ3) is 6.12. The molecule has 35 heavy (non-hydrogen) atoms. The van der Waals surface area contributed by atoms with Crippen LogP contribution < -0.4 is 5.32 Å². The van der Waals surface area contributed by atoms with Crippen LogP contribution in [0.15, 0.2) is 73.1 Å². The van der Waals surface area contributed by atoms with Gasteiger partial charge in [0, 0.05) is 31.0 Å². The first-order valence-corrected chi connectivity index (χ1v) is 11.8. The molecule has 2 amide bonds. The Kier molecular flexibility index (Phi) is 7.55. The van der Waals surface area contributed by atoms with Gasteiger partial charge in [-0.1, -0.05) is 36.4 Å². The number of amides is 2. The molecule has 0 aliphatic carbocycles. The minimum atomic E-state index is -1.00. The van der Waals surface area contributed by atoms with E-state index in [1.807, 2.05) is 67.6 Å². The number of pyridine rings is 1. The molecule has 3 aromatic rings. The molecule has 0 radical (unpaired) electrons. The summed E-state index contributed by atoms with van der Waals surface area (Å²) in [6.45, 7) is 2.35. The van der Waals surface area contributed by atoms with Crippen molar-refractivity contribution in [1.82, 2.24) is 9.88 Å². The lowest BCUT2D eigenvalue weighted by Crippen LogP contribution is -2.37. The highest BCUT2D eigenvalue weighted by Crippen LogP contribution is 2.32. The number of anilines is 1. The van der Waals surface area contributed by atoms with E-state index in [-0.39, 0.29) is 24.3 Å². The highest BCUT2D eigenvalue weighted by Gasteiger charge is 2.34. The predicted octanol–water partition coefficient (Wildman–Crippen LogP) is 4.39. The number of hydrogen-bond donors (Lipinski definition) is 2. The zero-order valence-electron chi connectivity index (χ0n) is 19.7. The molecule has 0 saturated heterocycles. The minimum absolute atomic E-state index is 0.104. The number of fused-ring (bicyclic) bond motifs is 1. The van der Waals surface area contributed by atoms with Crippen LogP contribution in [0.4, 0.5) is 5.69 Å². The van der Waals surface area contributed by atoms with Gasteiger partial charge in [0.05, 0.1) is 18.4 Å². The normalized spacial score (nSPS) is 16.2. The van der Waals surface area contributed by atoms with Gasteiger partial charge in [0.2, 0.25) is 11.8 Å². The van der Waals surface area contributed by atoms with Crippen molar-refractivity contribution in [2.75, 3.05) is 5.32 Å². The summed E-state index contributed by atoms with van der Waals surface area (Å²) >= 11 is 0. The van der Waals surface area contributed by atoms with E-state index in [0.717, 1.165) is 22.3 Å². The number of aryl methyl sites for hydroxylation is 1. The van der Waals surface area contributed by atoms with Crippen LogP contribution in [0.3, 0.4) is 0 Å². The average molecular weight is 472 g/mol. The van der Waals surface area contributed by atoms with Crippen molar-refractivity contribution in [2.24, 2.45) is 5.92 Å². The quantitative estimate of drug-likeness (QED) is 0.508. The monoisotopic (exact) mass is 471 g/mol. The molecule has 2 heterocycles. The van der Waals surface area contributed by atoms with Crippen molar-refractivity contribution < 1.29 is 19.5 Å². The molecule has 180 valence electrons. The molecule has 1 aliphatic heterocycles. The first-order valence-electron chi connectivity index (χ1n) is 11.8. The van der Waals surface area contributed by atoms with Crippen LogP contribution in [0.2, 0.25) is 0 Å². The molecule has 1 aromatic heterocycles. The molecular formula is C28H29N3O4. The van der Waals surface area contributed by atoms with Crippen LogP contribution in [-0.4, -0.2) is 32.8 Å². The Morgan fingerprint density at radius 3 is 2.54 bits per heavy atom. The second kappa shape index (κ2) is 11.0. The van der Waals surface area contributed by atoms with E-state index in [1.54, 1.807) is 17.3 Å². The molecule has 7 heteroatoms. The first kappa shape index (κ1) is 24.1. The van der Waals surface area contributed by atoms with E-state index in [0.29, 0.717) is 31.5 Å². The Balaban J connectivity index is 1.53. The largest absolute Gasteiger partial charge is 0.481 e. The van der Waals surface area contributed by atoms with Crippen molar-refractivity contribution in [3.05, 3.63) is 95.3 Å². The summed E-state index contributed by atoms with van der Waals surface area (Å²) in [6.07, 6.45) is 4.44. The lowest BCUT2D eigenvalue weighted by Gasteiger charge is -2.30. The van der Waals surface area contributed by atoms with Crippen LogP contribution in [0.5, 0.6) is 0 Å². The van der Waals surface area contributed by atoms with Crippen LogP contribution in [0.25, 0.3) is 0 Å². The lowest BCUT2D eigenvalue weighted by atomic mass is 9.93. The van der Waals surface area contributed by atoms with Gasteiger partial charge in [-0.2, -0.15) is 0 Å². The second-order valence-corrected chi connectivity index (χ2v) is 8.94. The number of carbonyl (C=O) groups is 3. The first-order chi connectivity index (χ1) is 16.9. The van der Waals surface area contributed by atoms with Crippen molar-refractivity contribution in [3.63, 3.8) is 0 Å². The maximum absolute atomic E-state index is 13.4. The molecule has 7 nitrogen and oxygen atoms in total. The Morgan fingerprint density at radius 2 is 1.83 bits per heavy atom. The smallest absolute Gasteiger partial charge is 0.304 e. The number of carboxylic acid groups (broad SMARTS) is 1. The number of nitrogens with zero attached hydrogens (tertiary/aromatic N) is 2. The van der Waals surface area contributed by atoms with E-state index < -0.39 is 11.9 Å². The van der Waals surface area contributed by atoms with Gasteiger partial charge in [0.15, 0.2) is 0 Å². The zero-order chi connectivity index (χ0) is 24.8. The summed E-state index contributed by atoms with van der Waals surface area (Å²) in [7, 11) is 0. The summed E-state index contributed by atoms with van der Waals surface area (Å²) < 4.78 is 0. The molecule has 0 bridgehead atoms. The van der Waals surface area contributed by atoms with Gasteiger partial charge in [0.25, 0.3) is 0 Å². The highest BCUT2D eigenvalue weighted by molar-refractivity contribution is 5.91. The lowest BCUT2D eigenvalue weighted by molar-refractivity contribution is -0.145. The second-order valence-electron chi connectivity index (χ2n) is 8.94. The van der Waals surface area contributed by atoms with E-state index in [4.69, 9.17) is 0 Å². The number of hydrogen-bond acceptors (Lipinski definition) is 4. The van der Waals surface area contributed by atoms with Gasteiger partial charge in [-0.15, -0.1) is 0 Å². The standard InChI is InChI=1S/C28H29N3O4/c1-19(21-5-3-2-4-6-21)31-18-22-8-9-25(16-23(22)15-24(28(31)35)17-27(33)34)30-26(32)10-7-20-11-13-29-14-12-20/h2-6,8-9,11-14,16,19,24H,7,10,15,17-18H2,1H3,(H,30,32)(H,33,34). The minimum Gasteiger partial charge on any atom is -0.481 e. The van der Waals surface area contributed by atoms with Crippen molar-refractivity contribution in [2.45, 2.75) is 45.2 Å². The summed E-state index contributed by atoms with van der Waals surface area (Å²) in [5.74, 6) is -1.94. The van der Waals surface area contributed by atoms with Gasteiger partial charge >= 0.3 is 5.97 Å². The molecular weight excluding hydrogens is 442 g/mol. The molecule has 4 rings (SSSR count). The molecule has 2 aromatic carbocycles. The highest BCUT2D eigenvalue weighted by atomic mass is 16.4. The fraction of sp³-hybridized carbons (Fsp3) is 0.286.